The number of nitrogens with one attached hydrogen (secondary N) is 1. The molecule has 0 unspecified atom stereocenters. The molecule has 0 bridgehead atoms. The van der Waals surface area contributed by atoms with Crippen LogP contribution in [0.4, 0.5) is 5.82 Å². The molecule has 0 radical (unpaired) electrons. The highest BCUT2D eigenvalue weighted by Gasteiger charge is 2.22. The molecule has 28 heavy (non-hydrogen) atoms. The van der Waals surface area contributed by atoms with Gasteiger partial charge in [0.2, 0.25) is 5.88 Å². The van der Waals surface area contributed by atoms with Crippen LogP contribution in [0.15, 0.2) is 30.0 Å². The van der Waals surface area contributed by atoms with Gasteiger partial charge in [0.05, 0.1) is 17.3 Å². The topological polar surface area (TPSA) is 63.2 Å². The zero-order valence-electron chi connectivity index (χ0n) is 16.5. The number of fused-ring (bicyclic) bond motifs is 1. The van der Waals surface area contributed by atoms with E-state index in [1.54, 1.807) is 24.8 Å². The number of anilines is 1. The average Bonchev–Trinajstić information content (AvgIpc) is 3.13. The van der Waals surface area contributed by atoms with Crippen LogP contribution in [0.3, 0.4) is 0 Å². The molecule has 0 aliphatic carbocycles. The van der Waals surface area contributed by atoms with Gasteiger partial charge in [-0.25, -0.2) is 15.0 Å². The molecular weight excluding hydrogens is 370 g/mol. The number of hydrogen-bond acceptors (Lipinski definition) is 7. The van der Waals surface area contributed by atoms with Crippen molar-refractivity contribution in [2.24, 2.45) is 0 Å². The standard InChI is InChI=1S/C21H27N5OS/c1-15-13-28-20-19(15)24-14-25-21(20)26-10-6-17(7-11-26)22-8-3-4-16-5-9-23-18(12-16)27-2/h5,9,12-14,17,22H,3-4,6-8,10-11H2,1-2H3. The maximum Gasteiger partial charge on any atom is 0.213 e. The number of rotatable bonds is 7. The Balaban J connectivity index is 1.24. The molecule has 7 heteroatoms. The SMILES string of the molecule is COc1cc(CCCNC2CCN(c3ncnc4c(C)csc34)CC2)ccn1. The van der Waals surface area contributed by atoms with Gasteiger partial charge in [-0.2, -0.15) is 0 Å². The van der Waals surface area contributed by atoms with Crippen LogP contribution in [0.2, 0.25) is 0 Å². The first-order valence-corrected chi connectivity index (χ1v) is 10.8. The van der Waals surface area contributed by atoms with Gasteiger partial charge >= 0.3 is 0 Å². The van der Waals surface area contributed by atoms with Gasteiger partial charge in [0.25, 0.3) is 0 Å². The van der Waals surface area contributed by atoms with Crippen LogP contribution >= 0.6 is 11.3 Å². The van der Waals surface area contributed by atoms with Crippen molar-refractivity contribution >= 4 is 27.4 Å². The zero-order chi connectivity index (χ0) is 19.3. The molecule has 0 amide bonds. The van der Waals surface area contributed by atoms with Crippen LogP contribution < -0.4 is 15.0 Å². The van der Waals surface area contributed by atoms with Gasteiger partial charge in [-0.15, -0.1) is 11.3 Å². The van der Waals surface area contributed by atoms with Crippen LogP contribution in [0.1, 0.15) is 30.4 Å². The molecule has 3 aromatic rings. The highest BCUT2D eigenvalue weighted by Crippen LogP contribution is 2.32. The number of aromatic nitrogens is 3. The van der Waals surface area contributed by atoms with Crippen molar-refractivity contribution in [1.29, 1.82) is 0 Å². The van der Waals surface area contributed by atoms with Gasteiger partial charge in [-0.05, 0) is 61.7 Å². The second-order valence-corrected chi connectivity index (χ2v) is 8.20. The van der Waals surface area contributed by atoms with Crippen molar-refractivity contribution < 1.29 is 4.74 Å². The molecular formula is C21H27N5OS. The highest BCUT2D eigenvalue weighted by molar-refractivity contribution is 7.18. The molecule has 4 heterocycles. The smallest absolute Gasteiger partial charge is 0.213 e. The molecule has 0 spiro atoms. The van der Waals surface area contributed by atoms with Crippen LogP contribution in [-0.2, 0) is 6.42 Å². The second-order valence-electron chi connectivity index (χ2n) is 7.32. The largest absolute Gasteiger partial charge is 0.481 e. The van der Waals surface area contributed by atoms with Gasteiger partial charge in [0.1, 0.15) is 12.1 Å². The van der Waals surface area contributed by atoms with E-state index in [9.17, 15) is 0 Å². The number of hydrogen-bond donors (Lipinski definition) is 1. The predicted octanol–water partition coefficient (Wildman–Crippen LogP) is 3.59. The minimum atomic E-state index is 0.589. The highest BCUT2D eigenvalue weighted by atomic mass is 32.1. The van der Waals surface area contributed by atoms with Gasteiger partial charge in [0, 0.05) is 31.4 Å². The second kappa shape index (κ2) is 8.84. The van der Waals surface area contributed by atoms with E-state index in [1.807, 2.05) is 12.3 Å². The van der Waals surface area contributed by atoms with Gasteiger partial charge < -0.3 is 15.0 Å². The lowest BCUT2D eigenvalue weighted by Gasteiger charge is -2.33. The molecule has 1 aliphatic rings. The summed E-state index contributed by atoms with van der Waals surface area (Å²) < 4.78 is 6.41. The number of methoxy groups -OCH3 is 1. The minimum absolute atomic E-state index is 0.589. The molecule has 1 N–H and O–H groups in total. The number of aryl methyl sites for hydroxylation is 2. The Kier molecular flexibility index (Phi) is 6.02. The number of pyridine rings is 1. The van der Waals surface area contributed by atoms with E-state index in [0.717, 1.165) is 56.7 Å². The van der Waals surface area contributed by atoms with Crippen LogP contribution in [0, 0.1) is 6.92 Å². The summed E-state index contributed by atoms with van der Waals surface area (Å²) >= 11 is 1.76. The van der Waals surface area contributed by atoms with E-state index >= 15 is 0 Å². The molecule has 0 aromatic carbocycles. The van der Waals surface area contributed by atoms with Gasteiger partial charge in [0.15, 0.2) is 0 Å². The lowest BCUT2D eigenvalue weighted by Crippen LogP contribution is -2.43. The third-order valence-electron chi connectivity index (χ3n) is 5.39. The van der Waals surface area contributed by atoms with Gasteiger partial charge in [-0.1, -0.05) is 0 Å². The molecule has 1 saturated heterocycles. The number of nitrogens with zero attached hydrogens (tertiary/aromatic N) is 4. The Morgan fingerprint density at radius 1 is 1.25 bits per heavy atom. The number of piperidine rings is 1. The average molecular weight is 398 g/mol. The lowest BCUT2D eigenvalue weighted by atomic mass is 10.0. The molecule has 1 fully saturated rings. The predicted molar refractivity (Wildman–Crippen MR) is 114 cm³/mol. The summed E-state index contributed by atoms with van der Waals surface area (Å²) in [5.74, 6) is 1.80. The monoisotopic (exact) mass is 397 g/mol. The molecule has 0 atom stereocenters. The Bertz CT molecular complexity index is 920. The van der Waals surface area contributed by atoms with E-state index in [1.165, 1.54) is 15.8 Å². The fourth-order valence-corrected chi connectivity index (χ4v) is 4.81. The lowest BCUT2D eigenvalue weighted by molar-refractivity contribution is 0.396. The Hall–Kier alpha value is -2.25. The van der Waals surface area contributed by atoms with Gasteiger partial charge in [-0.3, -0.25) is 0 Å². The zero-order valence-corrected chi connectivity index (χ0v) is 17.3. The number of thiophene rings is 1. The first-order chi connectivity index (χ1) is 13.7. The van der Waals surface area contributed by atoms with Crippen molar-refractivity contribution in [3.8, 4) is 5.88 Å². The summed E-state index contributed by atoms with van der Waals surface area (Å²) in [5, 5.41) is 5.91. The number of ether oxygens (including phenoxy) is 1. The molecule has 4 rings (SSSR count). The van der Waals surface area contributed by atoms with Crippen molar-refractivity contribution in [1.82, 2.24) is 20.3 Å². The van der Waals surface area contributed by atoms with Crippen LogP contribution in [0.25, 0.3) is 10.2 Å². The summed E-state index contributed by atoms with van der Waals surface area (Å²) in [6, 6.07) is 4.67. The normalized spacial score (nSPS) is 15.3. The van der Waals surface area contributed by atoms with E-state index in [2.05, 4.69) is 43.5 Å². The van der Waals surface area contributed by atoms with Crippen LogP contribution in [0.5, 0.6) is 5.88 Å². The summed E-state index contributed by atoms with van der Waals surface area (Å²) in [6.45, 7) is 5.25. The van der Waals surface area contributed by atoms with E-state index in [4.69, 9.17) is 4.74 Å². The first-order valence-electron chi connectivity index (χ1n) is 9.90. The summed E-state index contributed by atoms with van der Waals surface area (Å²) in [4.78, 5) is 15.6. The van der Waals surface area contributed by atoms with Crippen molar-refractivity contribution in [3.05, 3.63) is 41.2 Å². The Morgan fingerprint density at radius 3 is 2.93 bits per heavy atom. The Labute approximate surface area is 170 Å². The van der Waals surface area contributed by atoms with E-state index < -0.39 is 0 Å². The first kappa shape index (κ1) is 19.1. The third kappa shape index (κ3) is 4.25. The molecule has 3 aromatic heterocycles. The van der Waals surface area contributed by atoms with E-state index in [-0.39, 0.29) is 0 Å². The molecule has 6 nitrogen and oxygen atoms in total. The maximum absolute atomic E-state index is 5.19. The van der Waals surface area contributed by atoms with Crippen molar-refractivity contribution in [2.75, 3.05) is 31.6 Å². The third-order valence-corrected chi connectivity index (χ3v) is 6.47. The fourth-order valence-electron chi connectivity index (χ4n) is 3.79. The van der Waals surface area contributed by atoms with Crippen LogP contribution in [-0.4, -0.2) is 47.7 Å². The van der Waals surface area contributed by atoms with Crippen molar-refractivity contribution in [3.63, 3.8) is 0 Å². The molecule has 1 aliphatic heterocycles. The molecule has 0 saturated carbocycles. The molecule has 148 valence electrons. The maximum atomic E-state index is 5.19. The van der Waals surface area contributed by atoms with E-state index in [0.29, 0.717) is 11.9 Å². The Morgan fingerprint density at radius 2 is 2.11 bits per heavy atom. The fraction of sp³-hybridized carbons (Fsp3) is 0.476. The summed E-state index contributed by atoms with van der Waals surface area (Å²) in [5.41, 5.74) is 3.62. The van der Waals surface area contributed by atoms with Crippen molar-refractivity contribution in [2.45, 2.75) is 38.6 Å². The quantitative estimate of drug-likeness (QED) is 0.615. The minimum Gasteiger partial charge on any atom is -0.481 e. The summed E-state index contributed by atoms with van der Waals surface area (Å²) in [6.07, 6.45) is 7.99. The summed E-state index contributed by atoms with van der Waals surface area (Å²) in [7, 11) is 1.66.